The lowest BCUT2D eigenvalue weighted by atomic mass is 9.55. The molecule has 30 heavy (non-hydrogen) atoms. The highest BCUT2D eigenvalue weighted by atomic mass is 16.1. The van der Waals surface area contributed by atoms with Crippen LogP contribution in [0.3, 0.4) is 0 Å². The first kappa shape index (κ1) is 20.4. The van der Waals surface area contributed by atoms with Crippen LogP contribution in [0.4, 0.5) is 0 Å². The lowest BCUT2D eigenvalue weighted by molar-refractivity contribution is -0.129. The number of rotatable bonds is 5. The molecule has 0 radical (unpaired) electrons. The van der Waals surface area contributed by atoms with Crippen LogP contribution in [0.5, 0.6) is 0 Å². The second-order valence-corrected chi connectivity index (χ2v) is 11.0. The summed E-state index contributed by atoms with van der Waals surface area (Å²) in [6.45, 7) is 4.72. The van der Waals surface area contributed by atoms with Crippen LogP contribution in [-0.2, 0) is 10.2 Å². The van der Waals surface area contributed by atoms with Crippen molar-refractivity contribution in [1.82, 2.24) is 0 Å². The van der Waals surface area contributed by atoms with Crippen molar-refractivity contribution in [2.24, 2.45) is 39.3 Å². The minimum Gasteiger partial charge on any atom is -0.328 e. The van der Waals surface area contributed by atoms with Gasteiger partial charge in [-0.1, -0.05) is 44.2 Å². The third kappa shape index (κ3) is 2.80. The molecule has 1 amide bonds. The fourth-order valence-corrected chi connectivity index (χ4v) is 8.54. The Hall–Kier alpha value is -1.48. The Labute approximate surface area is 181 Å². The largest absolute Gasteiger partial charge is 0.328 e. The first-order valence-electron chi connectivity index (χ1n) is 12.4. The molecule has 0 saturated heterocycles. The molecule has 5 saturated carbocycles. The number of nitrogens with zero attached hydrogens (tertiary/aromatic N) is 1. The molecule has 3 nitrogen and oxygen atoms in total. The molecule has 5 aliphatic carbocycles. The summed E-state index contributed by atoms with van der Waals surface area (Å²) in [5.74, 6) is 1.79. The van der Waals surface area contributed by atoms with Gasteiger partial charge in [0, 0.05) is 12.3 Å². The van der Waals surface area contributed by atoms with E-state index in [2.05, 4.69) is 44.2 Å². The maximum atomic E-state index is 13.8. The molecule has 3 unspecified atom stereocenters. The molecular formula is C27H38N2O. The summed E-state index contributed by atoms with van der Waals surface area (Å²) in [5, 5.41) is 0. The summed E-state index contributed by atoms with van der Waals surface area (Å²) in [6, 6.07) is 11.4. The Balaban J connectivity index is 1.47. The number of aliphatic imine (C=N–C) groups is 1. The Bertz CT molecular complexity index is 821. The van der Waals surface area contributed by atoms with Gasteiger partial charge in [-0.25, -0.2) is 4.99 Å². The van der Waals surface area contributed by atoms with Gasteiger partial charge in [-0.2, -0.15) is 0 Å². The molecule has 5 aliphatic rings. The zero-order valence-corrected chi connectivity index (χ0v) is 18.8. The van der Waals surface area contributed by atoms with Crippen molar-refractivity contribution in [3.63, 3.8) is 0 Å². The van der Waals surface area contributed by atoms with Crippen LogP contribution in [0, 0.1) is 28.6 Å². The predicted molar refractivity (Wildman–Crippen MR) is 122 cm³/mol. The molecule has 0 aromatic heterocycles. The van der Waals surface area contributed by atoms with E-state index < -0.39 is 0 Å². The van der Waals surface area contributed by atoms with Crippen LogP contribution in [-0.4, -0.2) is 18.2 Å². The smallest absolute Gasteiger partial charge is 0.251 e. The van der Waals surface area contributed by atoms with Gasteiger partial charge in [-0.15, -0.1) is 0 Å². The molecule has 1 aromatic carbocycles. The summed E-state index contributed by atoms with van der Waals surface area (Å²) >= 11 is 0. The molecule has 1 aromatic rings. The first-order chi connectivity index (χ1) is 14.5. The third-order valence-corrected chi connectivity index (χ3v) is 10.0. The van der Waals surface area contributed by atoms with Gasteiger partial charge < -0.3 is 5.73 Å². The van der Waals surface area contributed by atoms with Crippen molar-refractivity contribution in [2.75, 3.05) is 0 Å². The summed E-state index contributed by atoms with van der Waals surface area (Å²) in [7, 11) is 0. The highest BCUT2D eigenvalue weighted by Crippen LogP contribution is 2.78. The van der Waals surface area contributed by atoms with Crippen molar-refractivity contribution in [2.45, 2.75) is 89.5 Å². The Kier molecular flexibility index (Phi) is 4.96. The Morgan fingerprint density at radius 2 is 1.77 bits per heavy atom. The summed E-state index contributed by atoms with van der Waals surface area (Å²) in [4.78, 5) is 18.5. The minimum absolute atomic E-state index is 0.186. The second-order valence-electron chi connectivity index (χ2n) is 11.0. The number of hydrogen-bond acceptors (Lipinski definition) is 2. The van der Waals surface area contributed by atoms with E-state index in [4.69, 9.17) is 10.7 Å². The molecule has 6 rings (SSSR count). The maximum absolute atomic E-state index is 13.8. The van der Waals surface area contributed by atoms with Crippen LogP contribution in [0.2, 0.25) is 0 Å². The molecule has 4 atom stereocenters. The van der Waals surface area contributed by atoms with Gasteiger partial charge in [0.1, 0.15) is 0 Å². The average molecular weight is 407 g/mol. The van der Waals surface area contributed by atoms with Crippen LogP contribution < -0.4 is 5.73 Å². The Morgan fingerprint density at radius 3 is 2.43 bits per heavy atom. The van der Waals surface area contributed by atoms with Crippen molar-refractivity contribution in [3.8, 4) is 0 Å². The zero-order valence-electron chi connectivity index (χ0n) is 18.8. The lowest BCUT2D eigenvalue weighted by Crippen LogP contribution is -2.42. The van der Waals surface area contributed by atoms with E-state index >= 15 is 0 Å². The lowest BCUT2D eigenvalue weighted by Gasteiger charge is -2.49. The van der Waals surface area contributed by atoms with E-state index in [0.29, 0.717) is 29.2 Å². The van der Waals surface area contributed by atoms with E-state index in [1.165, 1.54) is 31.2 Å². The molecule has 2 N–H and O–H groups in total. The molecule has 0 heterocycles. The van der Waals surface area contributed by atoms with E-state index in [1.54, 1.807) is 0 Å². The van der Waals surface area contributed by atoms with E-state index in [1.807, 2.05) is 6.21 Å². The number of carbonyl (C=O) groups is 1. The maximum Gasteiger partial charge on any atom is 0.251 e. The normalized spacial score (nSPS) is 41.6. The highest BCUT2D eigenvalue weighted by molar-refractivity contribution is 5.91. The molecule has 0 aliphatic heterocycles. The average Bonchev–Trinajstić information content (AvgIpc) is 3.14. The number of carbonyl (C=O) groups excluding carboxylic acids is 1. The first-order valence-corrected chi connectivity index (χ1v) is 12.4. The highest BCUT2D eigenvalue weighted by Gasteiger charge is 2.74. The Morgan fingerprint density at radius 1 is 1.07 bits per heavy atom. The molecule has 5 fully saturated rings. The van der Waals surface area contributed by atoms with Crippen LogP contribution >= 0.6 is 0 Å². The molecular weight excluding hydrogens is 368 g/mol. The van der Waals surface area contributed by atoms with Crippen LogP contribution in [0.1, 0.15) is 83.6 Å². The van der Waals surface area contributed by atoms with Crippen molar-refractivity contribution >= 4 is 12.1 Å². The topological polar surface area (TPSA) is 55.5 Å². The van der Waals surface area contributed by atoms with Gasteiger partial charge in [-0.05, 0) is 98.4 Å². The summed E-state index contributed by atoms with van der Waals surface area (Å²) in [6.07, 6.45) is 13.2. The molecule has 4 bridgehead atoms. The number of nitrogens with two attached hydrogens (primary N) is 1. The molecule has 0 spiro atoms. The van der Waals surface area contributed by atoms with E-state index in [0.717, 1.165) is 38.5 Å². The van der Waals surface area contributed by atoms with Gasteiger partial charge in [0.25, 0.3) is 5.91 Å². The standard InChI is InChI=1S/C27H38N2O/c1-3-26(4-2)21-14-25(20-8-6-5-7-9-20)16-23(26)27(15-21,18-25)24(30)29-17-19-10-12-22(28)13-11-19/h5-9,17,19,21-23H,3-4,10-16,18,28H2,1-2H3/b29-17+/t19?,21-,22?,23?,25?,27?/m1/s1. The SMILES string of the molecule is CCC1(CC)C2CC3(c4ccccc4)C[C@@H]1CC2(C(=O)/N=C/C1CCC(N)CC1)C3. The van der Waals surface area contributed by atoms with Crippen LogP contribution in [0.25, 0.3) is 0 Å². The van der Waals surface area contributed by atoms with Crippen LogP contribution in [0.15, 0.2) is 35.3 Å². The summed E-state index contributed by atoms with van der Waals surface area (Å²) < 4.78 is 0. The number of benzene rings is 1. The fraction of sp³-hybridized carbons (Fsp3) is 0.704. The molecule has 3 heteroatoms. The van der Waals surface area contributed by atoms with Gasteiger partial charge in [-0.3, -0.25) is 4.79 Å². The third-order valence-electron chi connectivity index (χ3n) is 10.0. The van der Waals surface area contributed by atoms with Gasteiger partial charge >= 0.3 is 0 Å². The van der Waals surface area contributed by atoms with Gasteiger partial charge in [0.15, 0.2) is 0 Å². The van der Waals surface area contributed by atoms with E-state index in [-0.39, 0.29) is 16.7 Å². The van der Waals surface area contributed by atoms with Gasteiger partial charge in [0.2, 0.25) is 0 Å². The minimum atomic E-state index is -0.230. The number of hydrogen-bond donors (Lipinski definition) is 1. The van der Waals surface area contributed by atoms with E-state index in [9.17, 15) is 4.79 Å². The zero-order chi connectivity index (χ0) is 21.0. The van der Waals surface area contributed by atoms with Crippen molar-refractivity contribution in [3.05, 3.63) is 35.9 Å². The fourth-order valence-electron chi connectivity index (χ4n) is 8.54. The van der Waals surface area contributed by atoms with Gasteiger partial charge in [0.05, 0.1) is 5.41 Å². The quantitative estimate of drug-likeness (QED) is 0.641. The number of amides is 1. The second kappa shape index (κ2) is 7.29. The van der Waals surface area contributed by atoms with Crippen molar-refractivity contribution in [1.29, 1.82) is 0 Å². The summed E-state index contributed by atoms with van der Waals surface area (Å²) in [5.41, 5.74) is 7.81. The monoisotopic (exact) mass is 406 g/mol. The predicted octanol–water partition coefficient (Wildman–Crippen LogP) is 5.67. The van der Waals surface area contributed by atoms with Crippen molar-refractivity contribution < 1.29 is 4.79 Å². The molecule has 162 valence electrons.